The first-order chi connectivity index (χ1) is 12.9. The van der Waals surface area contributed by atoms with Crippen LogP contribution in [0.1, 0.15) is 5.56 Å². The molecule has 2 aromatic rings. The van der Waals surface area contributed by atoms with Gasteiger partial charge in [0.2, 0.25) is 0 Å². The molecule has 2 N–H and O–H groups in total. The SMILES string of the molecule is CN=C(NCCSc1ccc(F)cc1)NCCc1ccc(S(C)(=O)=O)cc1.I. The molecule has 0 bridgehead atoms. The zero-order chi connectivity index (χ0) is 19.7. The molecule has 0 spiro atoms. The maximum atomic E-state index is 12.9. The van der Waals surface area contributed by atoms with Crippen LogP contribution in [0.5, 0.6) is 0 Å². The number of rotatable bonds is 8. The van der Waals surface area contributed by atoms with Crippen LogP contribution >= 0.6 is 35.7 Å². The Morgan fingerprint density at radius 1 is 1.04 bits per heavy atom. The molecule has 154 valence electrons. The van der Waals surface area contributed by atoms with E-state index in [9.17, 15) is 12.8 Å². The number of halogens is 2. The smallest absolute Gasteiger partial charge is 0.191 e. The Bertz CT molecular complexity index is 858. The number of sulfone groups is 1. The van der Waals surface area contributed by atoms with Gasteiger partial charge in [-0.3, -0.25) is 4.99 Å². The van der Waals surface area contributed by atoms with Crippen molar-refractivity contribution in [1.82, 2.24) is 10.6 Å². The average molecular weight is 537 g/mol. The molecule has 0 unspecified atom stereocenters. The second-order valence-corrected chi connectivity index (χ2v) is 9.08. The summed E-state index contributed by atoms with van der Waals surface area (Å²) in [5.41, 5.74) is 1.05. The molecule has 2 aromatic carbocycles. The number of nitrogens with one attached hydrogen (secondary N) is 2. The van der Waals surface area contributed by atoms with Crippen molar-refractivity contribution < 1.29 is 12.8 Å². The largest absolute Gasteiger partial charge is 0.356 e. The van der Waals surface area contributed by atoms with Gasteiger partial charge >= 0.3 is 0 Å². The zero-order valence-electron chi connectivity index (χ0n) is 15.8. The Balaban J connectivity index is 0.00000392. The molecule has 0 radical (unpaired) electrons. The standard InChI is InChI=1S/C19H24FN3O2S2.HI/c1-21-19(23-13-14-26-17-7-5-16(20)6-8-17)22-12-11-15-3-9-18(10-4-15)27(2,24)25;/h3-10H,11-14H2,1-2H3,(H2,21,22,23);1H. The molecule has 9 heteroatoms. The number of aliphatic imine (C=N–C) groups is 1. The van der Waals surface area contributed by atoms with Crippen molar-refractivity contribution >= 4 is 51.5 Å². The van der Waals surface area contributed by atoms with Gasteiger partial charge in [-0.05, 0) is 48.4 Å². The van der Waals surface area contributed by atoms with Crippen LogP contribution in [0.3, 0.4) is 0 Å². The van der Waals surface area contributed by atoms with E-state index in [4.69, 9.17) is 0 Å². The lowest BCUT2D eigenvalue weighted by Crippen LogP contribution is -2.39. The molecule has 0 atom stereocenters. The van der Waals surface area contributed by atoms with Gasteiger partial charge in [-0.1, -0.05) is 12.1 Å². The highest BCUT2D eigenvalue weighted by molar-refractivity contribution is 14.0. The van der Waals surface area contributed by atoms with Gasteiger partial charge in [0.05, 0.1) is 4.90 Å². The van der Waals surface area contributed by atoms with E-state index in [1.807, 2.05) is 12.1 Å². The van der Waals surface area contributed by atoms with Crippen molar-refractivity contribution in [2.75, 3.05) is 32.1 Å². The van der Waals surface area contributed by atoms with Gasteiger partial charge in [0.25, 0.3) is 0 Å². The molecule has 28 heavy (non-hydrogen) atoms. The number of hydrogen-bond acceptors (Lipinski definition) is 4. The highest BCUT2D eigenvalue weighted by atomic mass is 127. The summed E-state index contributed by atoms with van der Waals surface area (Å²) in [4.78, 5) is 5.53. The Hall–Kier alpha value is -1.33. The fraction of sp³-hybridized carbons (Fsp3) is 0.316. The fourth-order valence-corrected chi connectivity index (χ4v) is 3.72. The van der Waals surface area contributed by atoms with Crippen molar-refractivity contribution in [1.29, 1.82) is 0 Å². The van der Waals surface area contributed by atoms with Crippen molar-refractivity contribution in [2.24, 2.45) is 4.99 Å². The molecule has 0 saturated carbocycles. The van der Waals surface area contributed by atoms with Crippen LogP contribution < -0.4 is 10.6 Å². The summed E-state index contributed by atoms with van der Waals surface area (Å²) < 4.78 is 35.8. The second kappa shape index (κ2) is 12.3. The summed E-state index contributed by atoms with van der Waals surface area (Å²) >= 11 is 1.64. The van der Waals surface area contributed by atoms with Gasteiger partial charge in [0.15, 0.2) is 15.8 Å². The topological polar surface area (TPSA) is 70.6 Å². The van der Waals surface area contributed by atoms with Crippen molar-refractivity contribution in [2.45, 2.75) is 16.2 Å². The number of hydrogen-bond donors (Lipinski definition) is 2. The van der Waals surface area contributed by atoms with Gasteiger partial charge in [-0.2, -0.15) is 0 Å². The zero-order valence-corrected chi connectivity index (χ0v) is 19.8. The van der Waals surface area contributed by atoms with Crippen LogP contribution in [0, 0.1) is 5.82 Å². The highest BCUT2D eigenvalue weighted by Gasteiger charge is 2.06. The molecular weight excluding hydrogens is 512 g/mol. The van der Waals surface area contributed by atoms with Crippen LogP contribution in [0.4, 0.5) is 4.39 Å². The first kappa shape index (κ1) is 24.7. The molecule has 0 amide bonds. The van der Waals surface area contributed by atoms with E-state index < -0.39 is 9.84 Å². The van der Waals surface area contributed by atoms with Gasteiger partial charge < -0.3 is 10.6 Å². The fourth-order valence-electron chi connectivity index (χ4n) is 2.32. The molecule has 0 aliphatic heterocycles. The lowest BCUT2D eigenvalue weighted by molar-refractivity contribution is 0.602. The minimum Gasteiger partial charge on any atom is -0.356 e. The summed E-state index contributed by atoms with van der Waals surface area (Å²) in [7, 11) is -1.45. The summed E-state index contributed by atoms with van der Waals surface area (Å²) in [6.07, 6.45) is 1.96. The first-order valence-electron chi connectivity index (χ1n) is 8.50. The number of guanidine groups is 1. The summed E-state index contributed by atoms with van der Waals surface area (Å²) in [6, 6.07) is 13.4. The van der Waals surface area contributed by atoms with E-state index in [2.05, 4.69) is 15.6 Å². The van der Waals surface area contributed by atoms with E-state index in [0.29, 0.717) is 17.4 Å². The Labute approximate surface area is 187 Å². The third-order valence-electron chi connectivity index (χ3n) is 3.76. The highest BCUT2D eigenvalue weighted by Crippen LogP contribution is 2.17. The quantitative estimate of drug-likeness (QED) is 0.178. The molecule has 0 fully saturated rings. The third-order valence-corrected chi connectivity index (χ3v) is 5.90. The number of thioether (sulfide) groups is 1. The Morgan fingerprint density at radius 2 is 1.64 bits per heavy atom. The predicted molar refractivity (Wildman–Crippen MR) is 125 cm³/mol. The van der Waals surface area contributed by atoms with E-state index in [0.717, 1.165) is 29.2 Å². The van der Waals surface area contributed by atoms with E-state index in [-0.39, 0.29) is 29.8 Å². The summed E-state index contributed by atoms with van der Waals surface area (Å²) in [6.45, 7) is 1.41. The van der Waals surface area contributed by atoms with Gasteiger partial charge in [0, 0.05) is 37.0 Å². The van der Waals surface area contributed by atoms with Crippen molar-refractivity contribution in [3.05, 3.63) is 59.9 Å². The van der Waals surface area contributed by atoms with Crippen LogP contribution in [0.25, 0.3) is 0 Å². The van der Waals surface area contributed by atoms with E-state index in [1.165, 1.54) is 18.4 Å². The van der Waals surface area contributed by atoms with Crippen molar-refractivity contribution in [3.63, 3.8) is 0 Å². The molecule has 0 aromatic heterocycles. The molecule has 5 nitrogen and oxygen atoms in total. The van der Waals surface area contributed by atoms with Crippen molar-refractivity contribution in [3.8, 4) is 0 Å². The van der Waals surface area contributed by atoms with Gasteiger partial charge in [-0.25, -0.2) is 12.8 Å². The maximum Gasteiger partial charge on any atom is 0.191 e. The van der Waals surface area contributed by atoms with Gasteiger partial charge in [-0.15, -0.1) is 35.7 Å². The molecular formula is C19H25FIN3O2S2. The van der Waals surface area contributed by atoms with Crippen LogP contribution in [-0.4, -0.2) is 46.5 Å². The Kier molecular flexibility index (Phi) is 10.8. The van der Waals surface area contributed by atoms with Crippen LogP contribution in [-0.2, 0) is 16.3 Å². The summed E-state index contributed by atoms with van der Waals surface area (Å²) in [5.74, 6) is 1.31. The molecule has 0 aliphatic carbocycles. The summed E-state index contributed by atoms with van der Waals surface area (Å²) in [5, 5.41) is 6.46. The average Bonchev–Trinajstić information content (AvgIpc) is 2.65. The second-order valence-electron chi connectivity index (χ2n) is 5.89. The first-order valence-corrected chi connectivity index (χ1v) is 11.4. The molecule has 0 saturated heterocycles. The third kappa shape index (κ3) is 8.78. The van der Waals surface area contributed by atoms with Crippen LogP contribution in [0.15, 0.2) is 63.3 Å². The lowest BCUT2D eigenvalue weighted by atomic mass is 10.1. The molecule has 0 heterocycles. The normalized spacial score (nSPS) is 11.6. The lowest BCUT2D eigenvalue weighted by Gasteiger charge is -2.12. The Morgan fingerprint density at radius 3 is 2.21 bits per heavy atom. The monoisotopic (exact) mass is 537 g/mol. The van der Waals surface area contributed by atoms with E-state index in [1.54, 1.807) is 43.1 Å². The minimum absolute atomic E-state index is 0. The maximum absolute atomic E-state index is 12.9. The predicted octanol–water partition coefficient (Wildman–Crippen LogP) is 3.35. The van der Waals surface area contributed by atoms with Crippen LogP contribution in [0.2, 0.25) is 0 Å². The molecule has 2 rings (SSSR count). The van der Waals surface area contributed by atoms with E-state index >= 15 is 0 Å². The number of benzene rings is 2. The minimum atomic E-state index is -3.16. The number of nitrogens with zero attached hydrogens (tertiary/aromatic N) is 1. The van der Waals surface area contributed by atoms with Gasteiger partial charge in [0.1, 0.15) is 5.82 Å². The molecule has 0 aliphatic rings.